The second-order valence-corrected chi connectivity index (χ2v) is 14.0. The molecule has 256 valence electrons. The van der Waals surface area contributed by atoms with E-state index in [9.17, 15) is 19.6 Å². The van der Waals surface area contributed by atoms with Gasteiger partial charge in [0.25, 0.3) is 11.8 Å². The zero-order chi connectivity index (χ0) is 35.6. The maximum absolute atomic E-state index is 13.6. The summed E-state index contributed by atoms with van der Waals surface area (Å²) in [5.74, 6) is -0.0745. The van der Waals surface area contributed by atoms with Gasteiger partial charge in [-0.2, -0.15) is 5.26 Å². The number of rotatable bonds is 12. The smallest absolute Gasteiger partial charge is 0.272 e. The fourth-order valence-electron chi connectivity index (χ4n) is 5.96. The predicted octanol–water partition coefficient (Wildman–Crippen LogP) is 8.43. The molecule has 1 unspecified atom stereocenters. The van der Waals surface area contributed by atoms with E-state index in [4.69, 9.17) is 4.74 Å². The molecule has 3 amide bonds. The van der Waals surface area contributed by atoms with E-state index in [-0.39, 0.29) is 17.4 Å². The summed E-state index contributed by atoms with van der Waals surface area (Å²) in [6.07, 6.45) is 4.22. The van der Waals surface area contributed by atoms with Crippen LogP contribution in [-0.2, 0) is 22.4 Å². The molecular formula is C41H36N4O4S2. The predicted molar refractivity (Wildman–Crippen MR) is 204 cm³/mol. The first-order valence-corrected chi connectivity index (χ1v) is 18.5. The number of benzene rings is 4. The van der Waals surface area contributed by atoms with Crippen LogP contribution in [0.5, 0.6) is 5.75 Å². The molecule has 0 fully saturated rings. The molecule has 1 aliphatic carbocycles. The summed E-state index contributed by atoms with van der Waals surface area (Å²) < 4.78 is 5.74. The number of carbonyl (C=O) groups excluding carboxylic acids is 3. The van der Waals surface area contributed by atoms with E-state index in [0.29, 0.717) is 45.7 Å². The van der Waals surface area contributed by atoms with Crippen LogP contribution in [-0.4, -0.2) is 30.1 Å². The van der Waals surface area contributed by atoms with Crippen LogP contribution >= 0.6 is 23.1 Å². The third-order valence-electron chi connectivity index (χ3n) is 8.41. The Kier molecular flexibility index (Phi) is 11.6. The lowest BCUT2D eigenvalue weighted by Gasteiger charge is -2.22. The number of thiophene rings is 1. The zero-order valence-corrected chi connectivity index (χ0v) is 29.6. The average Bonchev–Trinajstić information content (AvgIpc) is 3.51. The first-order valence-electron chi connectivity index (χ1n) is 16.7. The van der Waals surface area contributed by atoms with Crippen LogP contribution in [0.15, 0.2) is 120 Å². The van der Waals surface area contributed by atoms with Gasteiger partial charge in [0.05, 0.1) is 17.9 Å². The van der Waals surface area contributed by atoms with Gasteiger partial charge in [0.2, 0.25) is 5.91 Å². The molecule has 10 heteroatoms. The Hall–Kier alpha value is -5.63. The van der Waals surface area contributed by atoms with Gasteiger partial charge >= 0.3 is 0 Å². The van der Waals surface area contributed by atoms with Gasteiger partial charge in [-0.3, -0.25) is 14.4 Å². The van der Waals surface area contributed by atoms with Crippen molar-refractivity contribution in [2.75, 3.05) is 23.0 Å². The van der Waals surface area contributed by atoms with Crippen molar-refractivity contribution in [2.45, 2.75) is 37.0 Å². The molecule has 0 bridgehead atoms. The van der Waals surface area contributed by atoms with E-state index in [0.717, 1.165) is 34.6 Å². The zero-order valence-electron chi connectivity index (χ0n) is 28.0. The number of nitrogens with one attached hydrogen (secondary N) is 3. The van der Waals surface area contributed by atoms with Crippen LogP contribution in [0.3, 0.4) is 0 Å². The largest absolute Gasteiger partial charge is 0.493 e. The minimum Gasteiger partial charge on any atom is -0.493 e. The average molecular weight is 713 g/mol. The highest BCUT2D eigenvalue weighted by atomic mass is 32.2. The summed E-state index contributed by atoms with van der Waals surface area (Å²) in [6, 6.07) is 35.8. The summed E-state index contributed by atoms with van der Waals surface area (Å²) in [7, 11) is 0. The number of para-hydroxylation sites is 1. The second kappa shape index (κ2) is 16.9. The Bertz CT molecular complexity index is 2110. The third-order valence-corrected chi connectivity index (χ3v) is 10.6. The summed E-state index contributed by atoms with van der Waals surface area (Å²) in [5.41, 5.74) is 4.49. The van der Waals surface area contributed by atoms with Crippen molar-refractivity contribution in [3.05, 3.63) is 148 Å². The van der Waals surface area contributed by atoms with Gasteiger partial charge in [-0.1, -0.05) is 72.8 Å². The molecule has 0 saturated carbocycles. The Morgan fingerprint density at radius 1 is 0.941 bits per heavy atom. The number of hydrogen-bond acceptors (Lipinski definition) is 7. The van der Waals surface area contributed by atoms with Crippen LogP contribution < -0.4 is 20.7 Å². The number of anilines is 2. The van der Waals surface area contributed by atoms with Crippen molar-refractivity contribution < 1.29 is 19.1 Å². The van der Waals surface area contributed by atoms with Gasteiger partial charge in [0.1, 0.15) is 22.5 Å². The number of fused-ring (bicyclic) bond motifs is 1. The van der Waals surface area contributed by atoms with Crippen molar-refractivity contribution >= 4 is 57.6 Å². The molecule has 3 N–H and O–H groups in total. The van der Waals surface area contributed by atoms with E-state index in [2.05, 4.69) is 46.3 Å². The summed E-state index contributed by atoms with van der Waals surface area (Å²) in [5, 5.41) is 19.2. The van der Waals surface area contributed by atoms with E-state index < -0.39 is 11.8 Å². The molecule has 0 saturated heterocycles. The lowest BCUT2D eigenvalue weighted by Crippen LogP contribution is -2.30. The fourth-order valence-corrected chi connectivity index (χ4v) is 8.01. The number of thioether (sulfide) groups is 1. The molecule has 1 atom stereocenters. The van der Waals surface area contributed by atoms with Crippen LogP contribution in [0.1, 0.15) is 56.8 Å². The number of ether oxygens (including phenoxy) is 1. The van der Waals surface area contributed by atoms with Crippen LogP contribution in [0.25, 0.3) is 6.08 Å². The molecule has 4 aromatic carbocycles. The van der Waals surface area contributed by atoms with Crippen molar-refractivity contribution in [3.8, 4) is 11.8 Å². The number of nitriles is 1. The maximum atomic E-state index is 13.6. The molecule has 0 spiro atoms. The Morgan fingerprint density at radius 2 is 1.69 bits per heavy atom. The Balaban J connectivity index is 1.12. The Morgan fingerprint density at radius 3 is 2.45 bits per heavy atom. The minimum absolute atomic E-state index is 0.0375. The van der Waals surface area contributed by atoms with Crippen LogP contribution in [0, 0.1) is 11.3 Å². The molecule has 5 aromatic rings. The topological polar surface area (TPSA) is 120 Å². The van der Waals surface area contributed by atoms with E-state index in [1.165, 1.54) is 28.7 Å². The molecule has 1 aromatic heterocycles. The van der Waals surface area contributed by atoms with Gasteiger partial charge in [0, 0.05) is 26.6 Å². The highest BCUT2D eigenvalue weighted by molar-refractivity contribution is 8.00. The SMILES string of the molecule is CCOc1ccccc1/C=C(/NC(=O)c1ccccc1)C(=O)Nc1cccc(SCC(=O)Nc2sc3c(c2C#N)CCC(c2ccccc2)C3)c1. The normalized spacial score (nSPS) is 13.7. The fraction of sp³-hybridized carbons (Fsp3) is 0.171. The number of amides is 3. The van der Waals surface area contributed by atoms with Gasteiger partial charge < -0.3 is 20.7 Å². The minimum atomic E-state index is -0.523. The Labute approximate surface area is 305 Å². The molecule has 1 heterocycles. The van der Waals surface area contributed by atoms with Crippen molar-refractivity contribution in [1.29, 1.82) is 5.26 Å². The third kappa shape index (κ3) is 8.94. The molecule has 6 rings (SSSR count). The maximum Gasteiger partial charge on any atom is 0.272 e. The van der Waals surface area contributed by atoms with Gasteiger partial charge in [-0.15, -0.1) is 23.1 Å². The quantitative estimate of drug-likeness (QED) is 0.0883. The molecule has 1 aliphatic rings. The standard InChI is InChI=1S/C41H36N4O4S2/c1-2-49-36-19-10-9-16-30(36)22-35(44-39(47)28-14-7-4-8-15-28)40(48)43-31-17-11-18-32(24-31)50-26-38(46)45-41-34(25-42)33-21-20-29(23-37(33)51-41)27-12-5-3-6-13-27/h3-19,22,24,29H,2,20-21,23,26H2,1H3,(H,43,48)(H,44,47)(H,45,46)/b35-22+. The van der Waals surface area contributed by atoms with Gasteiger partial charge in [0.15, 0.2) is 0 Å². The van der Waals surface area contributed by atoms with Gasteiger partial charge in [-0.05, 0) is 85.7 Å². The molecule has 0 aliphatic heterocycles. The monoisotopic (exact) mass is 712 g/mol. The number of carbonyl (C=O) groups is 3. The summed E-state index contributed by atoms with van der Waals surface area (Å²) >= 11 is 2.82. The second-order valence-electron chi connectivity index (χ2n) is 11.8. The van der Waals surface area contributed by atoms with E-state index in [1.807, 2.05) is 43.3 Å². The van der Waals surface area contributed by atoms with Crippen molar-refractivity contribution in [1.82, 2.24) is 5.32 Å². The number of nitrogens with zero attached hydrogens (tertiary/aromatic N) is 1. The van der Waals surface area contributed by atoms with Crippen LogP contribution in [0.4, 0.5) is 10.7 Å². The van der Waals surface area contributed by atoms with E-state index in [1.54, 1.807) is 54.6 Å². The van der Waals surface area contributed by atoms with Crippen molar-refractivity contribution in [2.24, 2.45) is 0 Å². The summed E-state index contributed by atoms with van der Waals surface area (Å²) in [6.45, 7) is 2.31. The first kappa shape index (κ1) is 35.2. The van der Waals surface area contributed by atoms with Crippen molar-refractivity contribution in [3.63, 3.8) is 0 Å². The molecular weight excluding hydrogens is 677 g/mol. The highest BCUT2D eigenvalue weighted by Gasteiger charge is 2.27. The first-order chi connectivity index (χ1) is 24.9. The highest BCUT2D eigenvalue weighted by Crippen LogP contribution is 2.42. The van der Waals surface area contributed by atoms with Crippen LogP contribution in [0.2, 0.25) is 0 Å². The summed E-state index contributed by atoms with van der Waals surface area (Å²) in [4.78, 5) is 41.8. The molecule has 8 nitrogen and oxygen atoms in total. The lowest BCUT2D eigenvalue weighted by molar-refractivity contribution is -0.114. The lowest BCUT2D eigenvalue weighted by atomic mass is 9.83. The van der Waals surface area contributed by atoms with E-state index >= 15 is 0 Å². The van der Waals surface area contributed by atoms with Gasteiger partial charge in [-0.25, -0.2) is 0 Å². The molecule has 51 heavy (non-hydrogen) atoms. The molecule has 0 radical (unpaired) electrons. The number of hydrogen-bond donors (Lipinski definition) is 3.